The highest BCUT2D eigenvalue weighted by molar-refractivity contribution is 5.38. The van der Waals surface area contributed by atoms with Crippen molar-refractivity contribution in [3.8, 4) is 0 Å². The van der Waals surface area contributed by atoms with Gasteiger partial charge in [-0.3, -0.25) is 0 Å². The van der Waals surface area contributed by atoms with E-state index in [1.165, 1.54) is 25.1 Å². The van der Waals surface area contributed by atoms with Crippen molar-refractivity contribution in [2.45, 2.75) is 26.8 Å². The lowest BCUT2D eigenvalue weighted by Crippen LogP contribution is -2.27. The van der Waals surface area contributed by atoms with Gasteiger partial charge in [0.25, 0.3) is 0 Å². The van der Waals surface area contributed by atoms with Crippen LogP contribution in [0.25, 0.3) is 0 Å². The van der Waals surface area contributed by atoms with Crippen molar-refractivity contribution in [1.82, 2.24) is 15.2 Å². The molecule has 4 nitrogen and oxygen atoms in total. The van der Waals surface area contributed by atoms with Crippen LogP contribution in [0.15, 0.2) is 18.3 Å². The molecule has 0 amide bonds. The molecule has 4 heteroatoms. The van der Waals surface area contributed by atoms with Crippen LogP contribution in [-0.4, -0.2) is 50.2 Å². The normalized spacial score (nSPS) is 19.4. The summed E-state index contributed by atoms with van der Waals surface area (Å²) in [7, 11) is 4.36. The van der Waals surface area contributed by atoms with E-state index in [2.05, 4.69) is 60.2 Å². The molecule has 0 bridgehead atoms. The van der Waals surface area contributed by atoms with E-state index in [0.717, 1.165) is 31.4 Å². The molecule has 21 heavy (non-hydrogen) atoms. The zero-order chi connectivity index (χ0) is 15.2. The summed E-state index contributed by atoms with van der Waals surface area (Å²) in [5.74, 6) is 2.54. The van der Waals surface area contributed by atoms with Crippen molar-refractivity contribution < 1.29 is 0 Å². The molecule has 2 rings (SSSR count). The average molecular weight is 290 g/mol. The summed E-state index contributed by atoms with van der Waals surface area (Å²) in [5, 5.41) is 3.45. The van der Waals surface area contributed by atoms with E-state index in [9.17, 15) is 0 Å². The first-order valence-corrected chi connectivity index (χ1v) is 8.10. The molecule has 1 saturated heterocycles. The van der Waals surface area contributed by atoms with Crippen LogP contribution in [0.5, 0.6) is 0 Å². The summed E-state index contributed by atoms with van der Waals surface area (Å²) in [5.41, 5.74) is 1.26. The third-order valence-corrected chi connectivity index (χ3v) is 4.10. The Morgan fingerprint density at radius 2 is 2.24 bits per heavy atom. The quantitative estimate of drug-likeness (QED) is 0.834. The van der Waals surface area contributed by atoms with E-state index in [0.29, 0.717) is 5.92 Å². The number of nitrogens with one attached hydrogen (secondary N) is 1. The molecular formula is C17H30N4. The van der Waals surface area contributed by atoms with Gasteiger partial charge in [-0.05, 0) is 50.0 Å². The highest BCUT2D eigenvalue weighted by atomic mass is 15.2. The minimum atomic E-state index is 0.688. The van der Waals surface area contributed by atoms with Gasteiger partial charge in [-0.1, -0.05) is 19.9 Å². The first-order chi connectivity index (χ1) is 10.0. The molecule has 0 saturated carbocycles. The van der Waals surface area contributed by atoms with Gasteiger partial charge in [0.2, 0.25) is 0 Å². The van der Waals surface area contributed by atoms with Gasteiger partial charge in [-0.25, -0.2) is 4.98 Å². The number of hydrogen-bond acceptors (Lipinski definition) is 4. The van der Waals surface area contributed by atoms with Gasteiger partial charge in [-0.2, -0.15) is 0 Å². The minimum absolute atomic E-state index is 0.688. The zero-order valence-electron chi connectivity index (χ0n) is 14.0. The predicted molar refractivity (Wildman–Crippen MR) is 89.7 cm³/mol. The van der Waals surface area contributed by atoms with E-state index < -0.39 is 0 Å². The predicted octanol–water partition coefficient (Wildman–Crippen LogP) is 2.22. The van der Waals surface area contributed by atoms with Crippen LogP contribution in [0.4, 0.5) is 5.82 Å². The number of pyridine rings is 1. The fourth-order valence-corrected chi connectivity index (χ4v) is 2.91. The van der Waals surface area contributed by atoms with Crippen LogP contribution in [0.3, 0.4) is 0 Å². The number of anilines is 1. The molecule has 0 aliphatic carbocycles. The molecular weight excluding hydrogens is 260 g/mol. The highest BCUT2D eigenvalue weighted by Gasteiger charge is 2.21. The maximum absolute atomic E-state index is 4.61. The lowest BCUT2D eigenvalue weighted by atomic mass is 10.1. The van der Waals surface area contributed by atoms with Crippen molar-refractivity contribution in [3.63, 3.8) is 0 Å². The molecule has 1 aliphatic rings. The molecule has 1 aromatic heterocycles. The molecule has 2 heterocycles. The Bertz CT molecular complexity index is 415. The van der Waals surface area contributed by atoms with Crippen LogP contribution in [0, 0.1) is 11.8 Å². The first kappa shape index (κ1) is 16.2. The average Bonchev–Trinajstić information content (AvgIpc) is 2.84. The van der Waals surface area contributed by atoms with E-state index in [-0.39, 0.29) is 0 Å². The number of nitrogens with zero attached hydrogens (tertiary/aromatic N) is 3. The number of hydrogen-bond donors (Lipinski definition) is 1. The van der Waals surface area contributed by atoms with Gasteiger partial charge in [0.1, 0.15) is 5.82 Å². The highest BCUT2D eigenvalue weighted by Crippen LogP contribution is 2.18. The van der Waals surface area contributed by atoms with Gasteiger partial charge in [0, 0.05) is 32.9 Å². The zero-order valence-corrected chi connectivity index (χ0v) is 14.0. The molecule has 0 aromatic carbocycles. The second-order valence-electron chi connectivity index (χ2n) is 6.85. The van der Waals surface area contributed by atoms with Gasteiger partial charge >= 0.3 is 0 Å². The monoisotopic (exact) mass is 290 g/mol. The van der Waals surface area contributed by atoms with Crippen molar-refractivity contribution in [1.29, 1.82) is 0 Å². The van der Waals surface area contributed by atoms with E-state index in [1.807, 2.05) is 6.20 Å². The summed E-state index contributed by atoms with van der Waals surface area (Å²) in [6, 6.07) is 4.33. The Balaban J connectivity index is 1.80. The molecule has 0 spiro atoms. The smallest absolute Gasteiger partial charge is 0.128 e. The van der Waals surface area contributed by atoms with E-state index in [4.69, 9.17) is 0 Å². The SMILES string of the molecule is CC(C)CNCc1ccc(N(C)CC2CCN(C)C2)nc1. The molecule has 1 fully saturated rings. The third-order valence-electron chi connectivity index (χ3n) is 4.10. The van der Waals surface area contributed by atoms with Crippen molar-refractivity contribution in [2.24, 2.45) is 11.8 Å². The Morgan fingerprint density at radius 1 is 1.43 bits per heavy atom. The van der Waals surface area contributed by atoms with E-state index >= 15 is 0 Å². The summed E-state index contributed by atoms with van der Waals surface area (Å²) < 4.78 is 0. The Kier molecular flexibility index (Phi) is 6.00. The molecule has 1 N–H and O–H groups in total. The molecule has 0 radical (unpaired) electrons. The Labute approximate surface area is 129 Å². The second kappa shape index (κ2) is 7.76. The largest absolute Gasteiger partial charge is 0.359 e. The standard InChI is InChI=1S/C17H30N4/c1-14(2)9-18-10-15-5-6-17(19-11-15)21(4)13-16-7-8-20(3)12-16/h5-6,11,14,16,18H,7-10,12-13H2,1-4H3. The lowest BCUT2D eigenvalue weighted by Gasteiger charge is -2.22. The Morgan fingerprint density at radius 3 is 2.81 bits per heavy atom. The van der Waals surface area contributed by atoms with Crippen molar-refractivity contribution >= 4 is 5.82 Å². The van der Waals surface area contributed by atoms with Crippen molar-refractivity contribution in [3.05, 3.63) is 23.9 Å². The van der Waals surface area contributed by atoms with Gasteiger partial charge < -0.3 is 15.1 Å². The number of likely N-dealkylation sites (tertiary alicyclic amines) is 1. The molecule has 1 aliphatic heterocycles. The second-order valence-corrected chi connectivity index (χ2v) is 6.85. The fourth-order valence-electron chi connectivity index (χ4n) is 2.91. The molecule has 1 atom stereocenters. The molecule has 1 unspecified atom stereocenters. The van der Waals surface area contributed by atoms with Crippen molar-refractivity contribution in [2.75, 3.05) is 45.2 Å². The summed E-state index contributed by atoms with van der Waals surface area (Å²) >= 11 is 0. The van der Waals surface area contributed by atoms with Gasteiger partial charge in [-0.15, -0.1) is 0 Å². The topological polar surface area (TPSA) is 31.4 Å². The van der Waals surface area contributed by atoms with Crippen LogP contribution < -0.4 is 10.2 Å². The van der Waals surface area contributed by atoms with Gasteiger partial charge in [0.05, 0.1) is 0 Å². The van der Waals surface area contributed by atoms with Crippen LogP contribution >= 0.6 is 0 Å². The van der Waals surface area contributed by atoms with Crippen LogP contribution in [0.1, 0.15) is 25.8 Å². The molecule has 118 valence electrons. The number of aromatic nitrogens is 1. The maximum Gasteiger partial charge on any atom is 0.128 e. The Hall–Kier alpha value is -1.13. The van der Waals surface area contributed by atoms with E-state index in [1.54, 1.807) is 0 Å². The lowest BCUT2D eigenvalue weighted by molar-refractivity contribution is 0.395. The minimum Gasteiger partial charge on any atom is -0.359 e. The summed E-state index contributed by atoms with van der Waals surface area (Å²) in [6.07, 6.45) is 3.30. The number of rotatable bonds is 7. The van der Waals surface area contributed by atoms with Crippen LogP contribution in [-0.2, 0) is 6.54 Å². The fraction of sp³-hybridized carbons (Fsp3) is 0.706. The third kappa shape index (κ3) is 5.29. The van der Waals surface area contributed by atoms with Gasteiger partial charge in [0.15, 0.2) is 0 Å². The first-order valence-electron chi connectivity index (χ1n) is 8.10. The van der Waals surface area contributed by atoms with Crippen LogP contribution in [0.2, 0.25) is 0 Å². The summed E-state index contributed by atoms with van der Waals surface area (Å²) in [6.45, 7) is 9.95. The maximum atomic E-state index is 4.61. The summed E-state index contributed by atoms with van der Waals surface area (Å²) in [4.78, 5) is 9.31. The molecule has 1 aromatic rings.